The summed E-state index contributed by atoms with van der Waals surface area (Å²) in [5.74, 6) is 0. The van der Waals surface area contributed by atoms with Gasteiger partial charge in [-0.1, -0.05) is 36.4 Å². The molecular formula is C26H28ClN5S. The fourth-order valence-electron chi connectivity index (χ4n) is 4.23. The number of hydrogen-bond acceptors (Lipinski definition) is 6. The maximum atomic E-state index is 9.94. The number of aryl methyl sites for hydroxylation is 1. The summed E-state index contributed by atoms with van der Waals surface area (Å²) in [6, 6.07) is 14.0. The Labute approximate surface area is 205 Å². The van der Waals surface area contributed by atoms with Crippen molar-refractivity contribution in [3.8, 4) is 6.07 Å². The van der Waals surface area contributed by atoms with Gasteiger partial charge >= 0.3 is 0 Å². The predicted octanol–water partition coefficient (Wildman–Crippen LogP) is 5.15. The van der Waals surface area contributed by atoms with Crippen LogP contribution in [-0.4, -0.2) is 66.6 Å². The number of nitriles is 1. The minimum atomic E-state index is 0.601. The molecule has 0 radical (unpaired) electrons. The average molecular weight is 478 g/mol. The molecule has 1 fully saturated rings. The van der Waals surface area contributed by atoms with Crippen LogP contribution in [0.2, 0.25) is 5.02 Å². The summed E-state index contributed by atoms with van der Waals surface area (Å²) < 4.78 is 0. The van der Waals surface area contributed by atoms with Crippen molar-refractivity contribution in [3.63, 3.8) is 0 Å². The Hall–Kier alpha value is -2.43. The lowest BCUT2D eigenvalue weighted by Gasteiger charge is -2.32. The number of piperazine rings is 1. The van der Waals surface area contributed by atoms with Crippen LogP contribution in [0.15, 0.2) is 58.7 Å². The van der Waals surface area contributed by atoms with E-state index in [0.717, 1.165) is 73.0 Å². The van der Waals surface area contributed by atoms with Crippen LogP contribution in [0.4, 0.5) is 5.69 Å². The van der Waals surface area contributed by atoms with Crippen LogP contribution in [0, 0.1) is 11.3 Å². The summed E-state index contributed by atoms with van der Waals surface area (Å²) >= 11 is 8.05. The Morgan fingerprint density at radius 2 is 1.88 bits per heavy atom. The lowest BCUT2D eigenvalue weighted by molar-refractivity contribution is 0.153. The molecule has 0 aliphatic carbocycles. The molecule has 33 heavy (non-hydrogen) atoms. The van der Waals surface area contributed by atoms with E-state index in [1.165, 1.54) is 11.8 Å². The normalized spacial score (nSPS) is 17.1. The molecule has 0 bridgehead atoms. The molecular weight excluding hydrogens is 450 g/mol. The molecule has 2 heterocycles. The Bertz CT molecular complexity index is 1160. The quantitative estimate of drug-likeness (QED) is 0.597. The van der Waals surface area contributed by atoms with E-state index in [-0.39, 0.29) is 0 Å². The van der Waals surface area contributed by atoms with Crippen molar-refractivity contribution >= 4 is 39.8 Å². The van der Waals surface area contributed by atoms with E-state index in [1.807, 2.05) is 36.6 Å². The molecule has 0 spiro atoms. The molecule has 170 valence electrons. The highest BCUT2D eigenvalue weighted by atomic mass is 35.5. The molecule has 2 aliphatic heterocycles. The van der Waals surface area contributed by atoms with Crippen molar-refractivity contribution in [1.82, 2.24) is 9.80 Å². The first-order chi connectivity index (χ1) is 16.0. The van der Waals surface area contributed by atoms with E-state index in [9.17, 15) is 5.26 Å². The van der Waals surface area contributed by atoms with Crippen LogP contribution in [0.25, 0.3) is 0 Å². The maximum absolute atomic E-state index is 9.94. The molecule has 0 aromatic heterocycles. The molecule has 0 atom stereocenters. The van der Waals surface area contributed by atoms with Gasteiger partial charge in [-0.2, -0.15) is 5.26 Å². The number of halogens is 1. The average Bonchev–Trinajstić information content (AvgIpc) is 2.96. The van der Waals surface area contributed by atoms with Crippen molar-refractivity contribution in [2.24, 2.45) is 9.98 Å². The van der Waals surface area contributed by atoms with Crippen LogP contribution < -0.4 is 0 Å². The minimum absolute atomic E-state index is 0.601. The molecule has 0 unspecified atom stereocenters. The number of aliphatic imine (C=N–C) groups is 2. The third-order valence-electron chi connectivity index (χ3n) is 6.15. The first-order valence-corrected chi connectivity index (χ1v) is 12.7. The number of nitrogens with zero attached hydrogens (tertiary/aromatic N) is 5. The van der Waals surface area contributed by atoms with E-state index in [4.69, 9.17) is 21.6 Å². The van der Waals surface area contributed by atoms with Crippen molar-refractivity contribution in [3.05, 3.63) is 76.0 Å². The molecule has 0 N–H and O–H groups in total. The van der Waals surface area contributed by atoms with Gasteiger partial charge in [-0.15, -0.1) is 11.8 Å². The van der Waals surface area contributed by atoms with E-state index in [1.54, 1.807) is 0 Å². The van der Waals surface area contributed by atoms with Crippen LogP contribution in [0.3, 0.4) is 0 Å². The third-order valence-corrected chi connectivity index (χ3v) is 7.19. The van der Waals surface area contributed by atoms with Gasteiger partial charge in [0.25, 0.3) is 0 Å². The topological polar surface area (TPSA) is 55.0 Å². The van der Waals surface area contributed by atoms with Crippen LogP contribution in [0.5, 0.6) is 0 Å². The van der Waals surface area contributed by atoms with Gasteiger partial charge in [0.05, 0.1) is 28.7 Å². The maximum Gasteiger partial charge on any atom is 0.122 e. The first-order valence-electron chi connectivity index (χ1n) is 11.1. The Kier molecular flexibility index (Phi) is 7.67. The summed E-state index contributed by atoms with van der Waals surface area (Å²) in [6.07, 6.45) is 3.82. The Morgan fingerprint density at radius 1 is 1.12 bits per heavy atom. The fraction of sp³-hybridized carbons (Fsp3) is 0.346. The second-order valence-corrected chi connectivity index (χ2v) is 9.60. The van der Waals surface area contributed by atoms with Crippen molar-refractivity contribution < 1.29 is 0 Å². The standard InChI is InChI=1S/C26H28ClN5S/c1-18-26(33-3)30-24-16-19(7-6-10-32-13-11-31(2)12-14-32)20(17-28)15-22(24)25(29-18)21-8-4-5-9-23(21)27/h4-5,8-9,15-16H,1,6-7,10-14H2,2-3H3. The number of fused-ring (bicyclic) bond motifs is 1. The fourth-order valence-corrected chi connectivity index (χ4v) is 4.92. The monoisotopic (exact) mass is 477 g/mol. The zero-order chi connectivity index (χ0) is 23.4. The summed E-state index contributed by atoms with van der Waals surface area (Å²) in [6.45, 7) is 9.61. The molecule has 2 aliphatic rings. The second-order valence-electron chi connectivity index (χ2n) is 8.39. The van der Waals surface area contributed by atoms with Crippen LogP contribution >= 0.6 is 23.4 Å². The lowest BCUT2D eigenvalue weighted by atomic mass is 9.94. The molecule has 0 saturated carbocycles. The van der Waals surface area contributed by atoms with Gasteiger partial charge in [0.15, 0.2) is 0 Å². The highest BCUT2D eigenvalue weighted by molar-refractivity contribution is 8.13. The van der Waals surface area contributed by atoms with Gasteiger partial charge < -0.3 is 9.80 Å². The van der Waals surface area contributed by atoms with Crippen molar-refractivity contribution in [2.45, 2.75) is 12.8 Å². The van der Waals surface area contributed by atoms with E-state index in [2.05, 4.69) is 35.6 Å². The summed E-state index contributed by atoms with van der Waals surface area (Å²) in [7, 11) is 2.17. The van der Waals surface area contributed by atoms with Gasteiger partial charge in [0.1, 0.15) is 5.04 Å². The molecule has 2 aromatic rings. The highest BCUT2D eigenvalue weighted by Crippen LogP contribution is 2.34. The van der Waals surface area contributed by atoms with Gasteiger partial charge in [0, 0.05) is 42.3 Å². The Balaban J connectivity index is 1.67. The van der Waals surface area contributed by atoms with Crippen molar-refractivity contribution in [2.75, 3.05) is 46.0 Å². The molecule has 0 amide bonds. The lowest BCUT2D eigenvalue weighted by Crippen LogP contribution is -2.44. The summed E-state index contributed by atoms with van der Waals surface area (Å²) in [4.78, 5) is 14.6. The van der Waals surface area contributed by atoms with E-state index in [0.29, 0.717) is 22.0 Å². The van der Waals surface area contributed by atoms with Gasteiger partial charge in [-0.3, -0.25) is 0 Å². The molecule has 4 rings (SSSR count). The molecule has 5 nitrogen and oxygen atoms in total. The Morgan fingerprint density at radius 3 is 2.58 bits per heavy atom. The third kappa shape index (κ3) is 5.39. The van der Waals surface area contributed by atoms with Crippen LogP contribution in [0.1, 0.15) is 28.7 Å². The predicted molar refractivity (Wildman–Crippen MR) is 140 cm³/mol. The summed E-state index contributed by atoms with van der Waals surface area (Å²) in [5, 5.41) is 11.3. The zero-order valence-electron chi connectivity index (χ0n) is 19.1. The first kappa shape index (κ1) is 23.7. The van der Waals surface area contributed by atoms with Crippen molar-refractivity contribution in [1.29, 1.82) is 5.26 Å². The second kappa shape index (κ2) is 10.7. The smallest absolute Gasteiger partial charge is 0.122 e. The zero-order valence-corrected chi connectivity index (χ0v) is 20.7. The summed E-state index contributed by atoms with van der Waals surface area (Å²) in [5.41, 5.74) is 5.43. The molecule has 7 heteroatoms. The molecule has 2 aromatic carbocycles. The highest BCUT2D eigenvalue weighted by Gasteiger charge is 2.22. The van der Waals surface area contributed by atoms with Gasteiger partial charge in [-0.05, 0) is 56.5 Å². The number of thioether (sulfide) groups is 1. The number of rotatable bonds is 5. The largest absolute Gasteiger partial charge is 0.304 e. The van der Waals surface area contributed by atoms with E-state index < -0.39 is 0 Å². The number of likely N-dealkylation sites (N-methyl/N-ethyl adjacent to an activating group) is 1. The van der Waals surface area contributed by atoms with Gasteiger partial charge in [-0.25, -0.2) is 9.98 Å². The SMILES string of the molecule is C=C1N=C(c2ccccc2Cl)c2cc(C#N)c(CCCN3CCN(C)CC3)cc2N=C1SC. The minimum Gasteiger partial charge on any atom is -0.304 e. The molecule has 1 saturated heterocycles. The van der Waals surface area contributed by atoms with E-state index >= 15 is 0 Å². The van der Waals surface area contributed by atoms with Gasteiger partial charge in [0.2, 0.25) is 0 Å². The number of hydrogen-bond donors (Lipinski definition) is 0. The van der Waals surface area contributed by atoms with Crippen LogP contribution in [-0.2, 0) is 6.42 Å². The number of benzene rings is 2.